The third-order valence-electron chi connectivity index (χ3n) is 7.94. The third-order valence-corrected chi connectivity index (χ3v) is 7.94. The van der Waals surface area contributed by atoms with Gasteiger partial charge in [0.1, 0.15) is 5.75 Å². The van der Waals surface area contributed by atoms with Crippen LogP contribution in [0, 0.1) is 5.92 Å². The second-order valence-corrected chi connectivity index (χ2v) is 10.0. The van der Waals surface area contributed by atoms with Crippen LogP contribution in [0.1, 0.15) is 30.4 Å². The Kier molecular flexibility index (Phi) is 8.42. The Labute approximate surface area is 226 Å². The van der Waals surface area contributed by atoms with Crippen LogP contribution in [0.5, 0.6) is 5.75 Å². The van der Waals surface area contributed by atoms with Gasteiger partial charge in [0.15, 0.2) is 0 Å². The van der Waals surface area contributed by atoms with E-state index in [1.165, 1.54) is 22.3 Å². The minimum Gasteiger partial charge on any atom is -0.495 e. The number of hydrogen-bond donors (Lipinski definition) is 2. The summed E-state index contributed by atoms with van der Waals surface area (Å²) in [5, 5.41) is 14.0. The van der Waals surface area contributed by atoms with E-state index in [0.29, 0.717) is 5.92 Å². The van der Waals surface area contributed by atoms with Gasteiger partial charge in [0.2, 0.25) is 0 Å². The molecule has 4 nitrogen and oxygen atoms in total. The summed E-state index contributed by atoms with van der Waals surface area (Å²) in [7, 11) is 1.75. The summed E-state index contributed by atoms with van der Waals surface area (Å²) in [5.41, 5.74) is 6.05. The molecule has 2 N–H and O–H groups in total. The topological polar surface area (TPSA) is 44.7 Å². The maximum atomic E-state index is 10.1. The molecule has 0 spiro atoms. The van der Waals surface area contributed by atoms with E-state index in [2.05, 4.69) is 120 Å². The summed E-state index contributed by atoms with van der Waals surface area (Å²) in [6.07, 6.45) is 0.752. The molecule has 0 aromatic heterocycles. The standard InChI is InChI=1S/C34H38N2O2/c1-3-36(30-23-28(19-20-31(30)38-2)25-13-7-4-8-14-25)34-29(21-22-37)24-35-33(34)32(26-15-9-5-10-16-26)27-17-11-6-12-18-27/h4-20,23,29,32-35,37H,3,21-22,24H2,1-2H3. The summed E-state index contributed by atoms with van der Waals surface area (Å²) < 4.78 is 5.93. The molecular weight excluding hydrogens is 468 g/mol. The van der Waals surface area contributed by atoms with Crippen LogP contribution in [0.3, 0.4) is 0 Å². The quantitative estimate of drug-likeness (QED) is 0.263. The normalized spacial score (nSPS) is 19.0. The molecule has 0 bridgehead atoms. The first-order valence-corrected chi connectivity index (χ1v) is 13.7. The number of benzene rings is 4. The highest BCUT2D eigenvalue weighted by atomic mass is 16.5. The van der Waals surface area contributed by atoms with Gasteiger partial charge < -0.3 is 20.1 Å². The van der Waals surface area contributed by atoms with Crippen molar-refractivity contribution in [3.63, 3.8) is 0 Å². The number of aliphatic hydroxyl groups excluding tert-OH is 1. The predicted molar refractivity (Wildman–Crippen MR) is 157 cm³/mol. The van der Waals surface area contributed by atoms with Crippen LogP contribution in [-0.2, 0) is 0 Å². The van der Waals surface area contributed by atoms with Crippen molar-refractivity contribution in [2.24, 2.45) is 5.92 Å². The van der Waals surface area contributed by atoms with Crippen molar-refractivity contribution < 1.29 is 9.84 Å². The highest BCUT2D eigenvalue weighted by Crippen LogP contribution is 2.42. The Balaban J connectivity index is 1.62. The minimum atomic E-state index is 0.154. The van der Waals surface area contributed by atoms with E-state index < -0.39 is 0 Å². The minimum absolute atomic E-state index is 0.154. The van der Waals surface area contributed by atoms with Crippen molar-refractivity contribution in [2.75, 3.05) is 31.7 Å². The van der Waals surface area contributed by atoms with Crippen LogP contribution in [0.4, 0.5) is 5.69 Å². The molecule has 1 aliphatic heterocycles. The number of methoxy groups -OCH3 is 1. The molecule has 1 heterocycles. The smallest absolute Gasteiger partial charge is 0.142 e. The van der Waals surface area contributed by atoms with Gasteiger partial charge in [-0.15, -0.1) is 0 Å². The van der Waals surface area contributed by atoms with Gasteiger partial charge in [-0.05, 0) is 53.6 Å². The Morgan fingerprint density at radius 1 is 0.842 bits per heavy atom. The largest absolute Gasteiger partial charge is 0.495 e. The van der Waals surface area contributed by atoms with Crippen molar-refractivity contribution in [1.82, 2.24) is 5.32 Å². The summed E-state index contributed by atoms with van der Waals surface area (Å²) in [6, 6.07) is 39.0. The lowest BCUT2D eigenvalue weighted by Crippen LogP contribution is -2.50. The van der Waals surface area contributed by atoms with Crippen LogP contribution in [-0.4, -0.2) is 44.0 Å². The summed E-state index contributed by atoms with van der Waals surface area (Å²) >= 11 is 0. The van der Waals surface area contributed by atoms with Gasteiger partial charge in [-0.3, -0.25) is 0 Å². The zero-order chi connectivity index (χ0) is 26.3. The lowest BCUT2D eigenvalue weighted by molar-refractivity contribution is 0.250. The molecule has 5 rings (SSSR count). The lowest BCUT2D eigenvalue weighted by atomic mass is 9.79. The fourth-order valence-electron chi connectivity index (χ4n) is 6.22. The molecule has 38 heavy (non-hydrogen) atoms. The number of ether oxygens (including phenoxy) is 1. The van der Waals surface area contributed by atoms with Crippen LogP contribution >= 0.6 is 0 Å². The average molecular weight is 507 g/mol. The molecule has 4 heteroatoms. The van der Waals surface area contributed by atoms with Gasteiger partial charge in [-0.1, -0.05) is 97.1 Å². The molecule has 1 fully saturated rings. The van der Waals surface area contributed by atoms with Gasteiger partial charge in [0.05, 0.1) is 12.8 Å². The van der Waals surface area contributed by atoms with Gasteiger partial charge in [0, 0.05) is 37.7 Å². The first-order chi connectivity index (χ1) is 18.7. The molecule has 0 saturated carbocycles. The Morgan fingerprint density at radius 3 is 2.00 bits per heavy atom. The highest BCUT2D eigenvalue weighted by molar-refractivity contribution is 5.73. The molecule has 3 unspecified atom stereocenters. The molecule has 0 radical (unpaired) electrons. The van der Waals surface area contributed by atoms with Crippen LogP contribution in [0.25, 0.3) is 11.1 Å². The molecular formula is C34H38N2O2. The van der Waals surface area contributed by atoms with E-state index in [4.69, 9.17) is 4.74 Å². The first-order valence-electron chi connectivity index (χ1n) is 13.7. The fourth-order valence-corrected chi connectivity index (χ4v) is 6.22. The number of hydrogen-bond acceptors (Lipinski definition) is 4. The second-order valence-electron chi connectivity index (χ2n) is 10.0. The number of nitrogens with one attached hydrogen (secondary N) is 1. The Morgan fingerprint density at radius 2 is 1.45 bits per heavy atom. The van der Waals surface area contributed by atoms with Gasteiger partial charge in [-0.25, -0.2) is 0 Å². The third kappa shape index (κ3) is 5.33. The van der Waals surface area contributed by atoms with E-state index in [-0.39, 0.29) is 24.6 Å². The van der Waals surface area contributed by atoms with Gasteiger partial charge in [-0.2, -0.15) is 0 Å². The van der Waals surface area contributed by atoms with Crippen molar-refractivity contribution in [3.05, 3.63) is 120 Å². The molecule has 196 valence electrons. The maximum absolute atomic E-state index is 10.1. The van der Waals surface area contributed by atoms with E-state index >= 15 is 0 Å². The fraction of sp³-hybridized carbons (Fsp3) is 0.294. The first kappa shape index (κ1) is 26.0. The Hall–Kier alpha value is -3.60. The van der Waals surface area contributed by atoms with Crippen molar-refractivity contribution in [3.8, 4) is 16.9 Å². The number of nitrogens with zero attached hydrogens (tertiary/aromatic N) is 1. The number of likely N-dealkylation sites (N-methyl/N-ethyl adjacent to an activating group) is 1. The van der Waals surface area contributed by atoms with Crippen molar-refractivity contribution >= 4 is 5.69 Å². The second kappa shape index (κ2) is 12.3. The maximum Gasteiger partial charge on any atom is 0.142 e. The predicted octanol–water partition coefficient (Wildman–Crippen LogP) is 6.36. The van der Waals surface area contributed by atoms with Crippen LogP contribution < -0.4 is 15.0 Å². The zero-order valence-corrected chi connectivity index (χ0v) is 22.3. The van der Waals surface area contributed by atoms with E-state index in [9.17, 15) is 5.11 Å². The molecule has 4 aromatic carbocycles. The van der Waals surface area contributed by atoms with Crippen molar-refractivity contribution in [1.29, 1.82) is 0 Å². The zero-order valence-electron chi connectivity index (χ0n) is 22.3. The molecule has 3 atom stereocenters. The lowest BCUT2D eigenvalue weighted by Gasteiger charge is -2.41. The van der Waals surface area contributed by atoms with Crippen molar-refractivity contribution in [2.45, 2.75) is 31.3 Å². The van der Waals surface area contributed by atoms with Gasteiger partial charge >= 0.3 is 0 Å². The molecule has 4 aromatic rings. The van der Waals surface area contributed by atoms with E-state index in [0.717, 1.165) is 30.9 Å². The van der Waals surface area contributed by atoms with Crippen LogP contribution in [0.15, 0.2) is 109 Å². The van der Waals surface area contributed by atoms with Crippen LogP contribution in [0.2, 0.25) is 0 Å². The van der Waals surface area contributed by atoms with E-state index in [1.54, 1.807) is 7.11 Å². The molecule has 1 aliphatic rings. The molecule has 1 saturated heterocycles. The number of anilines is 1. The Bertz CT molecular complexity index is 1240. The average Bonchev–Trinajstić information content (AvgIpc) is 3.38. The highest BCUT2D eigenvalue weighted by Gasteiger charge is 2.44. The molecule has 0 amide bonds. The number of aliphatic hydroxyl groups is 1. The SMILES string of the molecule is CCN(c1cc(-c2ccccc2)ccc1OC)C1C(CCO)CNC1C(c1ccccc1)c1ccccc1. The summed E-state index contributed by atoms with van der Waals surface area (Å²) in [5.74, 6) is 1.34. The summed E-state index contributed by atoms with van der Waals surface area (Å²) in [6.45, 7) is 4.09. The monoisotopic (exact) mass is 506 g/mol. The summed E-state index contributed by atoms with van der Waals surface area (Å²) in [4.78, 5) is 2.51. The van der Waals surface area contributed by atoms with Gasteiger partial charge in [0.25, 0.3) is 0 Å². The number of rotatable bonds is 10. The molecule has 0 aliphatic carbocycles. The van der Waals surface area contributed by atoms with E-state index in [1.807, 2.05) is 6.07 Å².